The summed E-state index contributed by atoms with van der Waals surface area (Å²) in [6.45, 7) is 3.96. The first-order chi connectivity index (χ1) is 11.5. The van der Waals surface area contributed by atoms with E-state index in [4.69, 9.17) is 12.2 Å². The van der Waals surface area contributed by atoms with Crippen molar-refractivity contribution in [2.45, 2.75) is 13.8 Å². The standard InChI is InChI=1S/C18H14N4OS/c1-10-4-3-5-12(8-10)22-17(23)16-15(19-18(22)24)13-7-6-11(2)9-14(13)20-21-16/h3-9H,1-2H3,(H,19,24). The molecular formula is C18H14N4OS. The molecule has 24 heavy (non-hydrogen) atoms. The fourth-order valence-corrected chi connectivity index (χ4v) is 3.15. The Labute approximate surface area is 142 Å². The normalized spacial score (nSPS) is 11.2. The van der Waals surface area contributed by atoms with Crippen molar-refractivity contribution in [1.29, 1.82) is 0 Å². The Morgan fingerprint density at radius 1 is 1.04 bits per heavy atom. The lowest BCUT2D eigenvalue weighted by Gasteiger charge is -2.09. The van der Waals surface area contributed by atoms with Crippen molar-refractivity contribution >= 4 is 34.2 Å². The fourth-order valence-electron chi connectivity index (χ4n) is 2.86. The minimum Gasteiger partial charge on any atom is -0.329 e. The van der Waals surface area contributed by atoms with Crippen molar-refractivity contribution in [2.75, 3.05) is 0 Å². The van der Waals surface area contributed by atoms with E-state index >= 15 is 0 Å². The summed E-state index contributed by atoms with van der Waals surface area (Å²) in [5, 5.41) is 9.17. The van der Waals surface area contributed by atoms with Gasteiger partial charge in [-0.1, -0.05) is 24.3 Å². The van der Waals surface area contributed by atoms with Gasteiger partial charge in [-0.15, -0.1) is 10.2 Å². The van der Waals surface area contributed by atoms with Gasteiger partial charge in [0, 0.05) is 5.39 Å². The van der Waals surface area contributed by atoms with Gasteiger partial charge in [0.1, 0.15) is 0 Å². The number of hydrogen-bond acceptors (Lipinski definition) is 4. The van der Waals surface area contributed by atoms with E-state index in [1.165, 1.54) is 4.57 Å². The molecule has 0 amide bonds. The lowest BCUT2D eigenvalue weighted by atomic mass is 10.1. The second kappa shape index (κ2) is 5.35. The number of aromatic amines is 1. The Morgan fingerprint density at radius 2 is 1.83 bits per heavy atom. The van der Waals surface area contributed by atoms with Crippen LogP contribution < -0.4 is 5.56 Å². The van der Waals surface area contributed by atoms with E-state index < -0.39 is 0 Å². The highest BCUT2D eigenvalue weighted by atomic mass is 32.1. The third kappa shape index (κ3) is 2.23. The van der Waals surface area contributed by atoms with Crippen LogP contribution in [-0.4, -0.2) is 19.7 Å². The molecule has 0 aliphatic carbocycles. The van der Waals surface area contributed by atoms with Crippen LogP contribution in [0.15, 0.2) is 47.3 Å². The molecule has 0 aliphatic heterocycles. The SMILES string of the molecule is Cc1cccc(-n2c(=S)[nH]c3c(nnc4cc(C)ccc43)c2=O)c1. The highest BCUT2D eigenvalue weighted by molar-refractivity contribution is 7.71. The van der Waals surface area contributed by atoms with Gasteiger partial charge >= 0.3 is 0 Å². The maximum Gasteiger partial charge on any atom is 0.287 e. The summed E-state index contributed by atoms with van der Waals surface area (Å²) in [7, 11) is 0. The average Bonchev–Trinajstić information content (AvgIpc) is 2.54. The molecule has 0 atom stereocenters. The van der Waals surface area contributed by atoms with Crippen LogP contribution in [0.4, 0.5) is 0 Å². The van der Waals surface area contributed by atoms with Crippen LogP contribution in [0.2, 0.25) is 0 Å². The Bertz CT molecular complexity index is 1220. The van der Waals surface area contributed by atoms with Crippen molar-refractivity contribution < 1.29 is 0 Å². The van der Waals surface area contributed by atoms with Crippen molar-refractivity contribution in [3.05, 3.63) is 68.7 Å². The Kier molecular flexibility index (Phi) is 3.28. The van der Waals surface area contributed by atoms with Crippen LogP contribution >= 0.6 is 12.2 Å². The zero-order valence-corrected chi connectivity index (χ0v) is 14.0. The quantitative estimate of drug-likeness (QED) is 0.427. The molecule has 2 aromatic carbocycles. The lowest BCUT2D eigenvalue weighted by molar-refractivity contribution is 0.924. The molecule has 0 unspecified atom stereocenters. The van der Waals surface area contributed by atoms with Crippen molar-refractivity contribution in [3.8, 4) is 5.69 Å². The molecule has 118 valence electrons. The van der Waals surface area contributed by atoms with Gasteiger partial charge < -0.3 is 4.98 Å². The van der Waals surface area contributed by atoms with E-state index in [9.17, 15) is 4.79 Å². The number of H-pyrrole nitrogens is 1. The molecule has 0 aliphatic rings. The molecule has 0 saturated heterocycles. The predicted molar refractivity (Wildman–Crippen MR) is 97.3 cm³/mol. The molecule has 2 heterocycles. The molecule has 4 rings (SSSR count). The number of nitrogens with zero attached hydrogens (tertiary/aromatic N) is 3. The van der Waals surface area contributed by atoms with Gasteiger partial charge in [-0.3, -0.25) is 9.36 Å². The number of fused-ring (bicyclic) bond motifs is 3. The average molecular weight is 334 g/mol. The summed E-state index contributed by atoms with van der Waals surface area (Å²) in [5.41, 5.74) is 4.22. The fraction of sp³-hybridized carbons (Fsp3) is 0.111. The number of benzene rings is 2. The van der Waals surface area contributed by atoms with E-state index in [0.29, 0.717) is 16.0 Å². The monoisotopic (exact) mass is 334 g/mol. The second-order valence-corrected chi connectivity index (χ2v) is 6.24. The highest BCUT2D eigenvalue weighted by Gasteiger charge is 2.12. The molecule has 0 spiro atoms. The molecule has 5 nitrogen and oxygen atoms in total. The molecule has 0 bridgehead atoms. The molecule has 0 saturated carbocycles. The van der Waals surface area contributed by atoms with Crippen molar-refractivity contribution in [2.24, 2.45) is 0 Å². The van der Waals surface area contributed by atoms with Gasteiger partial charge in [0.2, 0.25) is 0 Å². The summed E-state index contributed by atoms with van der Waals surface area (Å²) in [4.78, 5) is 16.1. The topological polar surface area (TPSA) is 63.6 Å². The maximum atomic E-state index is 12.9. The third-order valence-electron chi connectivity index (χ3n) is 4.02. The van der Waals surface area contributed by atoms with Crippen LogP contribution in [0, 0.1) is 18.6 Å². The number of aryl methyl sites for hydroxylation is 2. The summed E-state index contributed by atoms with van der Waals surface area (Å²) < 4.78 is 1.80. The molecular weight excluding hydrogens is 320 g/mol. The first-order valence-electron chi connectivity index (χ1n) is 7.54. The molecule has 2 aromatic heterocycles. The van der Waals surface area contributed by atoms with Crippen LogP contribution in [0.3, 0.4) is 0 Å². The number of nitrogens with one attached hydrogen (secondary N) is 1. The molecule has 6 heteroatoms. The van der Waals surface area contributed by atoms with Crippen LogP contribution in [0.5, 0.6) is 0 Å². The molecule has 0 fully saturated rings. The Balaban J connectivity index is 2.13. The van der Waals surface area contributed by atoms with E-state index in [1.54, 1.807) is 0 Å². The maximum absolute atomic E-state index is 12.9. The summed E-state index contributed by atoms with van der Waals surface area (Å²) in [6, 6.07) is 13.5. The van der Waals surface area contributed by atoms with Crippen molar-refractivity contribution in [1.82, 2.24) is 19.7 Å². The van der Waals surface area contributed by atoms with Gasteiger partial charge in [-0.25, -0.2) is 0 Å². The van der Waals surface area contributed by atoms with Crippen molar-refractivity contribution in [3.63, 3.8) is 0 Å². The van der Waals surface area contributed by atoms with Gasteiger partial charge in [0.15, 0.2) is 10.3 Å². The lowest BCUT2D eigenvalue weighted by Crippen LogP contribution is -2.22. The van der Waals surface area contributed by atoms with Crippen LogP contribution in [0.25, 0.3) is 27.6 Å². The molecule has 1 N–H and O–H groups in total. The third-order valence-corrected chi connectivity index (χ3v) is 4.30. The van der Waals surface area contributed by atoms with E-state index in [1.807, 2.05) is 56.3 Å². The minimum absolute atomic E-state index is 0.269. The summed E-state index contributed by atoms with van der Waals surface area (Å²) in [5.74, 6) is 0. The Hall–Kier alpha value is -2.86. The van der Waals surface area contributed by atoms with E-state index in [0.717, 1.165) is 22.0 Å². The van der Waals surface area contributed by atoms with E-state index in [-0.39, 0.29) is 11.1 Å². The highest BCUT2D eigenvalue weighted by Crippen LogP contribution is 2.20. The summed E-state index contributed by atoms with van der Waals surface area (Å²) >= 11 is 5.44. The summed E-state index contributed by atoms with van der Waals surface area (Å²) in [6.07, 6.45) is 0. The zero-order chi connectivity index (χ0) is 16.8. The molecule has 0 radical (unpaired) electrons. The van der Waals surface area contributed by atoms with Gasteiger partial charge in [-0.05, 0) is 55.4 Å². The largest absolute Gasteiger partial charge is 0.329 e. The molecule has 4 aromatic rings. The van der Waals surface area contributed by atoms with E-state index in [2.05, 4.69) is 15.2 Å². The first-order valence-corrected chi connectivity index (χ1v) is 7.94. The second-order valence-electron chi connectivity index (χ2n) is 5.85. The van der Waals surface area contributed by atoms with Crippen LogP contribution in [0.1, 0.15) is 11.1 Å². The van der Waals surface area contributed by atoms with Gasteiger partial charge in [0.25, 0.3) is 5.56 Å². The van der Waals surface area contributed by atoms with Gasteiger partial charge in [0.05, 0.1) is 16.7 Å². The minimum atomic E-state index is -0.269. The van der Waals surface area contributed by atoms with Gasteiger partial charge in [-0.2, -0.15) is 0 Å². The first kappa shape index (κ1) is 14.7. The zero-order valence-electron chi connectivity index (χ0n) is 13.2. The Morgan fingerprint density at radius 3 is 2.62 bits per heavy atom. The smallest absolute Gasteiger partial charge is 0.287 e. The number of rotatable bonds is 1. The van der Waals surface area contributed by atoms with Crippen LogP contribution in [-0.2, 0) is 0 Å². The number of hydrogen-bond donors (Lipinski definition) is 1. The predicted octanol–water partition coefficient (Wildman–Crippen LogP) is 3.61. The number of aromatic nitrogens is 4.